The lowest BCUT2D eigenvalue weighted by Gasteiger charge is -2.10. The molecule has 0 aliphatic heterocycles. The Morgan fingerprint density at radius 1 is 1.21 bits per heavy atom. The maximum absolute atomic E-state index is 12.4. The van der Waals surface area contributed by atoms with Crippen LogP contribution in [0.2, 0.25) is 0 Å². The third kappa shape index (κ3) is 3.78. The molecule has 9 nitrogen and oxygen atoms in total. The maximum atomic E-state index is 12.4. The summed E-state index contributed by atoms with van der Waals surface area (Å²) in [7, 11) is 3.18. The van der Waals surface area contributed by atoms with Crippen LogP contribution >= 0.6 is 0 Å². The Hall–Kier alpha value is -3.88. The van der Waals surface area contributed by atoms with Crippen molar-refractivity contribution in [3.8, 4) is 5.75 Å². The van der Waals surface area contributed by atoms with E-state index in [0.717, 1.165) is 10.9 Å². The first kappa shape index (κ1) is 18.9. The summed E-state index contributed by atoms with van der Waals surface area (Å²) >= 11 is 0. The van der Waals surface area contributed by atoms with Gasteiger partial charge in [0.1, 0.15) is 5.75 Å². The van der Waals surface area contributed by atoms with Crippen molar-refractivity contribution >= 4 is 34.2 Å². The molecule has 0 unspecified atom stereocenters. The minimum Gasteiger partial charge on any atom is -0.495 e. The highest BCUT2D eigenvalue weighted by molar-refractivity contribution is 6.05. The van der Waals surface area contributed by atoms with Gasteiger partial charge in [-0.3, -0.25) is 14.9 Å². The number of non-ortho nitro benzene ring substituents is 1. The van der Waals surface area contributed by atoms with Crippen LogP contribution in [-0.4, -0.2) is 35.1 Å². The Kier molecular flexibility index (Phi) is 5.25. The molecule has 3 rings (SSSR count). The number of rotatable bonds is 6. The van der Waals surface area contributed by atoms with E-state index in [0.29, 0.717) is 5.56 Å². The van der Waals surface area contributed by atoms with Crippen molar-refractivity contribution < 1.29 is 24.0 Å². The number of anilines is 1. The number of benzene rings is 2. The third-order valence-corrected chi connectivity index (χ3v) is 4.12. The van der Waals surface area contributed by atoms with Gasteiger partial charge in [-0.2, -0.15) is 0 Å². The number of carbonyl (C=O) groups is 2. The molecule has 0 fully saturated rings. The predicted molar refractivity (Wildman–Crippen MR) is 101 cm³/mol. The summed E-state index contributed by atoms with van der Waals surface area (Å²) in [5, 5.41) is 14.1. The van der Waals surface area contributed by atoms with E-state index in [1.165, 1.54) is 25.3 Å². The summed E-state index contributed by atoms with van der Waals surface area (Å²) in [6, 6.07) is 11.1. The smallest absolute Gasteiger partial charge is 0.340 e. The molecular weight excluding hydrogens is 366 g/mol. The topological polar surface area (TPSA) is 113 Å². The van der Waals surface area contributed by atoms with Gasteiger partial charge in [-0.25, -0.2) is 4.79 Å². The van der Waals surface area contributed by atoms with E-state index >= 15 is 0 Å². The van der Waals surface area contributed by atoms with Gasteiger partial charge in [0.2, 0.25) is 0 Å². The van der Waals surface area contributed by atoms with Crippen LogP contribution in [0.5, 0.6) is 5.75 Å². The lowest BCUT2D eigenvalue weighted by Crippen LogP contribution is -2.21. The number of ether oxygens (including phenoxy) is 2. The van der Waals surface area contributed by atoms with Crippen molar-refractivity contribution in [2.45, 2.75) is 0 Å². The molecule has 1 aromatic heterocycles. The number of amides is 1. The number of nitrogens with one attached hydrogen (secondary N) is 1. The van der Waals surface area contributed by atoms with Crippen LogP contribution in [0.25, 0.3) is 10.9 Å². The summed E-state index contributed by atoms with van der Waals surface area (Å²) < 4.78 is 12.0. The molecule has 0 atom stereocenters. The van der Waals surface area contributed by atoms with Gasteiger partial charge in [0.15, 0.2) is 6.61 Å². The molecule has 144 valence electrons. The van der Waals surface area contributed by atoms with Crippen molar-refractivity contribution in [2.24, 2.45) is 7.05 Å². The van der Waals surface area contributed by atoms with Gasteiger partial charge in [-0.1, -0.05) is 18.2 Å². The van der Waals surface area contributed by atoms with Crippen LogP contribution < -0.4 is 10.1 Å². The van der Waals surface area contributed by atoms with E-state index in [4.69, 9.17) is 9.47 Å². The second-order valence-corrected chi connectivity index (χ2v) is 5.94. The van der Waals surface area contributed by atoms with Crippen LogP contribution in [0.3, 0.4) is 0 Å². The second kappa shape index (κ2) is 7.78. The number of nitrogens with zero attached hydrogens (tertiary/aromatic N) is 2. The molecule has 1 N–H and O–H groups in total. The molecule has 0 bridgehead atoms. The normalized spacial score (nSPS) is 10.5. The van der Waals surface area contributed by atoms with Crippen molar-refractivity contribution in [1.29, 1.82) is 0 Å². The van der Waals surface area contributed by atoms with E-state index in [9.17, 15) is 19.7 Å². The zero-order valence-corrected chi connectivity index (χ0v) is 15.2. The number of hydrogen-bond acceptors (Lipinski definition) is 6. The molecule has 0 saturated heterocycles. The average Bonchev–Trinajstić information content (AvgIpc) is 3.03. The standard InChI is InChI=1S/C19H17N3O6/c1-21-10-14(13-5-3-4-6-16(13)21)19(24)28-11-18(23)20-15-9-12(22(25)26)7-8-17(15)27-2/h3-10H,11H2,1-2H3,(H,20,23). The number of nitro benzene ring substituents is 1. The van der Waals surface area contributed by atoms with E-state index in [-0.39, 0.29) is 17.1 Å². The zero-order chi connectivity index (χ0) is 20.3. The first-order valence-electron chi connectivity index (χ1n) is 8.24. The van der Waals surface area contributed by atoms with Gasteiger partial charge in [0, 0.05) is 36.3 Å². The number of carbonyl (C=O) groups excluding carboxylic acids is 2. The highest BCUT2D eigenvalue weighted by atomic mass is 16.6. The molecule has 1 amide bonds. The molecule has 0 aliphatic carbocycles. The van der Waals surface area contributed by atoms with E-state index in [1.807, 2.05) is 12.1 Å². The number of nitro groups is 1. The Morgan fingerprint density at radius 3 is 2.68 bits per heavy atom. The molecule has 0 spiro atoms. The molecule has 28 heavy (non-hydrogen) atoms. The van der Waals surface area contributed by atoms with Crippen LogP contribution in [0, 0.1) is 10.1 Å². The molecule has 0 saturated carbocycles. The van der Waals surface area contributed by atoms with Crippen LogP contribution in [-0.2, 0) is 16.6 Å². The fourth-order valence-corrected chi connectivity index (χ4v) is 2.81. The van der Waals surface area contributed by atoms with Gasteiger partial charge in [0.05, 0.1) is 23.3 Å². The number of aromatic nitrogens is 1. The second-order valence-electron chi connectivity index (χ2n) is 5.94. The zero-order valence-electron chi connectivity index (χ0n) is 15.2. The molecule has 0 radical (unpaired) electrons. The van der Waals surface area contributed by atoms with Gasteiger partial charge < -0.3 is 19.4 Å². The monoisotopic (exact) mass is 383 g/mol. The highest BCUT2D eigenvalue weighted by Gasteiger charge is 2.18. The minimum absolute atomic E-state index is 0.114. The Morgan fingerprint density at radius 2 is 1.96 bits per heavy atom. The number of aryl methyl sites for hydroxylation is 1. The van der Waals surface area contributed by atoms with Crippen molar-refractivity contribution in [2.75, 3.05) is 19.0 Å². The minimum atomic E-state index is -0.646. The van der Waals surface area contributed by atoms with Crippen LogP contribution in [0.4, 0.5) is 11.4 Å². The largest absolute Gasteiger partial charge is 0.495 e. The number of hydrogen-bond donors (Lipinski definition) is 1. The first-order valence-corrected chi connectivity index (χ1v) is 8.24. The number of para-hydroxylation sites is 1. The van der Waals surface area contributed by atoms with Gasteiger partial charge in [0.25, 0.3) is 11.6 Å². The Balaban J connectivity index is 1.70. The molecule has 3 aromatic rings. The van der Waals surface area contributed by atoms with Gasteiger partial charge in [-0.05, 0) is 12.1 Å². The lowest BCUT2D eigenvalue weighted by molar-refractivity contribution is -0.384. The third-order valence-electron chi connectivity index (χ3n) is 4.12. The van der Waals surface area contributed by atoms with Gasteiger partial charge >= 0.3 is 5.97 Å². The summed E-state index contributed by atoms with van der Waals surface area (Å²) in [5.74, 6) is -1.04. The highest BCUT2D eigenvalue weighted by Crippen LogP contribution is 2.28. The molecular formula is C19H17N3O6. The molecule has 0 aliphatic rings. The maximum Gasteiger partial charge on any atom is 0.340 e. The number of methoxy groups -OCH3 is 1. The molecule has 9 heteroatoms. The number of esters is 1. The SMILES string of the molecule is COc1ccc([N+](=O)[O-])cc1NC(=O)COC(=O)c1cn(C)c2ccccc12. The van der Waals surface area contributed by atoms with Gasteiger partial charge in [-0.15, -0.1) is 0 Å². The van der Waals surface area contributed by atoms with Crippen LogP contribution in [0.15, 0.2) is 48.7 Å². The van der Waals surface area contributed by atoms with Crippen molar-refractivity contribution in [3.63, 3.8) is 0 Å². The Labute approximate surface area is 159 Å². The fraction of sp³-hybridized carbons (Fsp3) is 0.158. The molecule has 2 aromatic carbocycles. The average molecular weight is 383 g/mol. The molecule has 1 heterocycles. The number of fused-ring (bicyclic) bond motifs is 1. The van der Waals surface area contributed by atoms with E-state index in [2.05, 4.69) is 5.32 Å². The van der Waals surface area contributed by atoms with Crippen molar-refractivity contribution in [3.05, 3.63) is 64.3 Å². The first-order chi connectivity index (χ1) is 13.4. The predicted octanol–water partition coefficient (Wildman–Crippen LogP) is 2.89. The van der Waals surface area contributed by atoms with Crippen LogP contribution in [0.1, 0.15) is 10.4 Å². The summed E-state index contributed by atoms with van der Waals surface area (Å²) in [5.41, 5.74) is 1.12. The summed E-state index contributed by atoms with van der Waals surface area (Å²) in [6.07, 6.45) is 1.63. The van der Waals surface area contributed by atoms with E-state index in [1.54, 1.807) is 29.9 Å². The summed E-state index contributed by atoms with van der Waals surface area (Å²) in [4.78, 5) is 34.8. The Bertz CT molecular complexity index is 1070. The van der Waals surface area contributed by atoms with Crippen molar-refractivity contribution in [1.82, 2.24) is 4.57 Å². The summed E-state index contributed by atoms with van der Waals surface area (Å²) in [6.45, 7) is -0.548. The lowest BCUT2D eigenvalue weighted by atomic mass is 10.2. The quantitative estimate of drug-likeness (QED) is 0.398. The van der Waals surface area contributed by atoms with E-state index < -0.39 is 23.4 Å². The fourth-order valence-electron chi connectivity index (χ4n) is 2.81.